The Balaban J connectivity index is 0.000000166. The van der Waals surface area contributed by atoms with Gasteiger partial charge in [-0.3, -0.25) is 0 Å². The van der Waals surface area contributed by atoms with Gasteiger partial charge in [-0.25, -0.2) is 20.8 Å². The third-order valence-electron chi connectivity index (χ3n) is 9.64. The van der Waals surface area contributed by atoms with E-state index in [-0.39, 0.29) is 5.84 Å². The Labute approximate surface area is 387 Å². The highest BCUT2D eigenvalue weighted by atomic mass is 127. The molecule has 0 aliphatic heterocycles. The Morgan fingerprint density at radius 3 is 1.32 bits per heavy atom. The van der Waals surface area contributed by atoms with E-state index >= 15 is 0 Å². The maximum absolute atomic E-state index is 8.84. The van der Waals surface area contributed by atoms with Crippen LogP contribution < -0.4 is 34.3 Å². The number of nitrogens with two attached hydrogens (primary N) is 5. The largest absolute Gasteiger partial charge is 0.488 e. The van der Waals surface area contributed by atoms with Gasteiger partial charge in [-0.15, -0.1) is 0 Å². The van der Waals surface area contributed by atoms with Crippen molar-refractivity contribution in [2.75, 3.05) is 17.2 Å². The highest BCUT2D eigenvalue weighted by Crippen LogP contribution is 2.34. The summed E-state index contributed by atoms with van der Waals surface area (Å²) in [5.74, 6) is 5.16. The molecule has 65 heavy (non-hydrogen) atoms. The fourth-order valence-electron chi connectivity index (χ4n) is 6.41. The minimum Gasteiger partial charge on any atom is -0.423 e. The summed E-state index contributed by atoms with van der Waals surface area (Å²) >= 11 is 2.22. The molecule has 6 aromatic carbocycles. The number of aromatic nitrogens is 3. The van der Waals surface area contributed by atoms with Crippen molar-refractivity contribution in [2.24, 2.45) is 16.8 Å². The highest BCUT2D eigenvalue weighted by molar-refractivity contribution is 14.1. The summed E-state index contributed by atoms with van der Waals surface area (Å²) in [6.07, 6.45) is 5.34. The van der Waals surface area contributed by atoms with Crippen molar-refractivity contribution in [3.05, 3.63) is 184 Å². The molecule has 0 atom stereocenters. The van der Waals surface area contributed by atoms with Crippen LogP contribution in [0.3, 0.4) is 0 Å². The molecule has 14 N–H and O–H groups in total. The van der Waals surface area contributed by atoms with Gasteiger partial charge in [0.25, 0.3) is 0 Å². The first-order valence-electron chi connectivity index (χ1n) is 19.3. The summed E-state index contributed by atoms with van der Waals surface area (Å²) in [5.41, 5.74) is 29.2. The molecule has 0 bridgehead atoms. The predicted molar refractivity (Wildman–Crippen MR) is 266 cm³/mol. The van der Waals surface area contributed by atoms with Gasteiger partial charge < -0.3 is 43.4 Å². The summed E-state index contributed by atoms with van der Waals surface area (Å²) < 4.78 is 1.03. The van der Waals surface area contributed by atoms with Crippen molar-refractivity contribution >= 4 is 90.8 Å². The molecule has 9 aromatic rings. The van der Waals surface area contributed by atoms with Gasteiger partial charge in [-0.05, 0) is 74.2 Å². The van der Waals surface area contributed by atoms with Crippen LogP contribution in [0, 0.1) is 26.2 Å². The molecule has 0 radical (unpaired) electrons. The SMILES string of the molecule is N#Cc1ccc(-c2c(N)ncc3ccccc23)cc1.N#Cc1ccc(B(O)O)cc1.N/C(=N/O)c1ccc(-c2c(N)ncc3ccccc23)cc1.NO.Nc1ncc2ccccc2c1I. The summed E-state index contributed by atoms with van der Waals surface area (Å²) in [7, 11) is -1.46. The lowest BCUT2D eigenvalue weighted by atomic mass is 9.80. The van der Waals surface area contributed by atoms with E-state index in [2.05, 4.69) is 60.7 Å². The molecule has 0 unspecified atom stereocenters. The van der Waals surface area contributed by atoms with E-state index in [0.29, 0.717) is 39.6 Å². The van der Waals surface area contributed by atoms with Gasteiger partial charge in [-0.2, -0.15) is 10.5 Å². The number of amidine groups is 1. The number of fused-ring (bicyclic) bond motifs is 3. The number of hydrogen-bond acceptors (Lipinski definition) is 14. The molecular weight excluding hydrogens is 932 g/mol. The number of pyridine rings is 3. The van der Waals surface area contributed by atoms with E-state index in [1.165, 1.54) is 29.7 Å². The molecule has 0 amide bonds. The van der Waals surface area contributed by atoms with Crippen LogP contribution in [-0.4, -0.2) is 48.4 Å². The Morgan fingerprint density at radius 1 is 0.538 bits per heavy atom. The van der Waals surface area contributed by atoms with E-state index in [1.807, 2.05) is 97.1 Å². The van der Waals surface area contributed by atoms with Crippen molar-refractivity contribution in [3.8, 4) is 34.4 Å². The fraction of sp³-hybridized carbons (Fsp3) is 0. The first-order chi connectivity index (χ1) is 31.5. The minimum atomic E-state index is -1.46. The molecule has 322 valence electrons. The Hall–Kier alpha value is -8.17. The Morgan fingerprint density at radius 2 is 0.908 bits per heavy atom. The molecule has 0 fully saturated rings. The fourth-order valence-corrected chi connectivity index (χ4v) is 7.04. The molecule has 0 aliphatic rings. The van der Waals surface area contributed by atoms with Crippen molar-refractivity contribution < 1.29 is 20.5 Å². The standard InChI is InChI=1S/C16H14N4O.C16H11N3.C9H7IN2.C7H6BNO2.H3NO/c17-15(20-21)11-7-5-10(6-8-11)14-13-4-2-1-3-12(13)9-19-16(14)18;17-9-11-5-7-12(8-6-11)15-14-4-2-1-3-13(14)10-19-16(15)18;10-8-7-4-2-1-3-6(7)5-12-9(8)11;9-5-6-1-3-7(4-2-6)8(10)11;1-2/h1-9,21H,(H2,17,20)(H2,18,19);1-8,10H,(H2,18,19);1-5H,(H2,11,12);1-4,10-11H;2H,1H2. The lowest BCUT2D eigenvalue weighted by molar-refractivity contribution is 0.311. The van der Waals surface area contributed by atoms with Crippen LogP contribution in [0.5, 0.6) is 0 Å². The first kappa shape index (κ1) is 47.9. The van der Waals surface area contributed by atoms with E-state index < -0.39 is 7.12 Å². The third-order valence-corrected chi connectivity index (χ3v) is 10.8. The molecule has 0 aliphatic carbocycles. The minimum absolute atomic E-state index is 0.0746. The number of nitriles is 2. The number of oxime groups is 1. The average Bonchev–Trinajstić information content (AvgIpc) is 3.36. The van der Waals surface area contributed by atoms with Crippen LogP contribution in [0.1, 0.15) is 16.7 Å². The van der Waals surface area contributed by atoms with Gasteiger partial charge in [0.15, 0.2) is 5.84 Å². The molecule has 3 heterocycles. The Kier molecular flexibility index (Phi) is 17.2. The van der Waals surface area contributed by atoms with Gasteiger partial charge in [-0.1, -0.05) is 126 Å². The van der Waals surface area contributed by atoms with Gasteiger partial charge >= 0.3 is 7.12 Å². The molecule has 0 saturated heterocycles. The van der Waals surface area contributed by atoms with E-state index in [4.69, 9.17) is 53.9 Å². The van der Waals surface area contributed by atoms with Gasteiger partial charge in [0.2, 0.25) is 0 Å². The Bertz CT molecular complexity index is 3140. The zero-order valence-electron chi connectivity index (χ0n) is 34.4. The van der Waals surface area contributed by atoms with Crippen LogP contribution in [-0.2, 0) is 0 Å². The number of rotatable bonds is 4. The number of benzene rings is 6. The molecular formula is C48H41BIN11O4. The smallest absolute Gasteiger partial charge is 0.423 e. The monoisotopic (exact) mass is 973 g/mol. The molecule has 17 heteroatoms. The average molecular weight is 974 g/mol. The summed E-state index contributed by atoms with van der Waals surface area (Å²) in [6.45, 7) is 0. The van der Waals surface area contributed by atoms with Gasteiger partial charge in [0.05, 0.1) is 26.8 Å². The highest BCUT2D eigenvalue weighted by Gasteiger charge is 2.12. The van der Waals surface area contributed by atoms with Crippen LogP contribution in [0.4, 0.5) is 17.5 Å². The number of halogens is 1. The molecule has 3 aromatic heterocycles. The summed E-state index contributed by atoms with van der Waals surface area (Å²) in [6, 6.07) is 48.8. The predicted octanol–water partition coefficient (Wildman–Crippen LogP) is 6.93. The van der Waals surface area contributed by atoms with Crippen molar-refractivity contribution in [1.29, 1.82) is 10.5 Å². The van der Waals surface area contributed by atoms with E-state index in [1.54, 1.807) is 42.9 Å². The second kappa shape index (κ2) is 23.3. The van der Waals surface area contributed by atoms with Crippen molar-refractivity contribution in [3.63, 3.8) is 0 Å². The molecule has 15 nitrogen and oxygen atoms in total. The number of nitrogen functional groups attached to an aromatic ring is 3. The van der Waals surface area contributed by atoms with Crippen molar-refractivity contribution in [1.82, 2.24) is 15.0 Å². The second-order valence-corrected chi connectivity index (χ2v) is 14.7. The van der Waals surface area contributed by atoms with E-state index in [9.17, 15) is 0 Å². The van der Waals surface area contributed by atoms with Crippen LogP contribution in [0.15, 0.2) is 169 Å². The van der Waals surface area contributed by atoms with E-state index in [0.717, 1.165) is 52.8 Å². The summed E-state index contributed by atoms with van der Waals surface area (Å²) in [4.78, 5) is 12.6. The molecule has 9 rings (SSSR count). The summed E-state index contributed by atoms with van der Waals surface area (Å²) in [5, 5.41) is 59.2. The zero-order chi connectivity index (χ0) is 46.9. The number of hydrogen-bond donors (Lipinski definition) is 9. The second-order valence-electron chi connectivity index (χ2n) is 13.6. The molecule has 0 spiro atoms. The number of anilines is 3. The first-order valence-corrected chi connectivity index (χ1v) is 20.4. The normalized spacial score (nSPS) is 10.3. The quantitative estimate of drug-likeness (QED) is 0.0216. The maximum atomic E-state index is 8.84. The van der Waals surface area contributed by atoms with Crippen LogP contribution >= 0.6 is 22.6 Å². The third kappa shape index (κ3) is 12.1. The zero-order valence-corrected chi connectivity index (χ0v) is 36.6. The molecule has 0 saturated carbocycles. The van der Waals surface area contributed by atoms with Gasteiger partial charge in [0.1, 0.15) is 17.5 Å². The maximum Gasteiger partial charge on any atom is 0.488 e. The van der Waals surface area contributed by atoms with Crippen LogP contribution in [0.25, 0.3) is 54.6 Å². The lowest BCUT2D eigenvalue weighted by Gasteiger charge is -2.10. The lowest BCUT2D eigenvalue weighted by Crippen LogP contribution is -2.29. The van der Waals surface area contributed by atoms with Crippen LogP contribution in [0.2, 0.25) is 0 Å². The van der Waals surface area contributed by atoms with Crippen molar-refractivity contribution in [2.45, 2.75) is 0 Å². The van der Waals surface area contributed by atoms with Gasteiger partial charge in [0, 0.05) is 56.8 Å². The topological polar surface area (TPSA) is 310 Å². The number of nitrogens with zero attached hydrogens (tertiary/aromatic N) is 6.